The van der Waals surface area contributed by atoms with Gasteiger partial charge >= 0.3 is 5.97 Å². The van der Waals surface area contributed by atoms with Gasteiger partial charge in [0.25, 0.3) is 0 Å². The second kappa shape index (κ2) is 6.28. The SMILES string of the molecule is CCOC(=O)CCC(=O)c1ccc(Cl)cc1. The van der Waals surface area contributed by atoms with E-state index in [0.717, 1.165) is 0 Å². The zero-order chi connectivity index (χ0) is 12.0. The van der Waals surface area contributed by atoms with Gasteiger partial charge in [-0.2, -0.15) is 0 Å². The summed E-state index contributed by atoms with van der Waals surface area (Å²) in [6, 6.07) is 6.60. The lowest BCUT2D eigenvalue weighted by Gasteiger charge is -2.01. The van der Waals surface area contributed by atoms with Crippen LogP contribution in [-0.4, -0.2) is 18.4 Å². The molecule has 0 aliphatic heterocycles. The molecule has 0 saturated heterocycles. The van der Waals surface area contributed by atoms with Crippen LogP contribution in [0.3, 0.4) is 0 Å². The molecule has 4 heteroatoms. The normalized spacial score (nSPS) is 9.88. The van der Waals surface area contributed by atoms with Gasteiger partial charge < -0.3 is 4.74 Å². The van der Waals surface area contributed by atoms with Gasteiger partial charge in [0, 0.05) is 17.0 Å². The Hall–Kier alpha value is -1.35. The predicted molar refractivity (Wildman–Crippen MR) is 61.6 cm³/mol. The second-order valence-corrected chi connectivity index (χ2v) is 3.67. The summed E-state index contributed by atoms with van der Waals surface area (Å²) in [6.07, 6.45) is 0.287. The number of Topliss-reactive ketones (excluding diaryl/α,β-unsaturated/α-hetero) is 1. The molecule has 0 amide bonds. The van der Waals surface area contributed by atoms with Crippen molar-refractivity contribution in [1.82, 2.24) is 0 Å². The Morgan fingerprint density at radius 2 is 1.81 bits per heavy atom. The van der Waals surface area contributed by atoms with Crippen LogP contribution in [0, 0.1) is 0 Å². The van der Waals surface area contributed by atoms with Gasteiger partial charge in [-0.05, 0) is 31.2 Å². The highest BCUT2D eigenvalue weighted by Gasteiger charge is 2.09. The first-order valence-electron chi connectivity index (χ1n) is 5.08. The number of esters is 1. The average molecular weight is 241 g/mol. The van der Waals surface area contributed by atoms with Crippen molar-refractivity contribution in [3.05, 3.63) is 34.9 Å². The Morgan fingerprint density at radius 3 is 2.38 bits per heavy atom. The van der Waals surface area contributed by atoms with Crippen molar-refractivity contribution >= 4 is 23.4 Å². The minimum atomic E-state index is -0.343. The highest BCUT2D eigenvalue weighted by molar-refractivity contribution is 6.30. The molecule has 0 fully saturated rings. The van der Waals surface area contributed by atoms with Crippen LogP contribution < -0.4 is 0 Å². The summed E-state index contributed by atoms with van der Waals surface area (Å²) >= 11 is 5.70. The molecular formula is C12H13ClO3. The first-order chi connectivity index (χ1) is 7.63. The van der Waals surface area contributed by atoms with Gasteiger partial charge in [-0.15, -0.1) is 0 Å². The van der Waals surface area contributed by atoms with Crippen LogP contribution in [0.1, 0.15) is 30.1 Å². The fourth-order valence-corrected chi connectivity index (χ4v) is 1.35. The van der Waals surface area contributed by atoms with E-state index < -0.39 is 0 Å². The molecule has 0 unspecified atom stereocenters. The second-order valence-electron chi connectivity index (χ2n) is 3.24. The summed E-state index contributed by atoms with van der Waals surface area (Å²) in [5.74, 6) is -0.422. The number of ketones is 1. The van der Waals surface area contributed by atoms with E-state index in [-0.39, 0.29) is 24.6 Å². The molecule has 0 N–H and O–H groups in total. The predicted octanol–water partition coefficient (Wildman–Crippen LogP) is 2.87. The Morgan fingerprint density at radius 1 is 1.19 bits per heavy atom. The minimum Gasteiger partial charge on any atom is -0.466 e. The van der Waals surface area contributed by atoms with E-state index in [4.69, 9.17) is 16.3 Å². The smallest absolute Gasteiger partial charge is 0.306 e. The van der Waals surface area contributed by atoms with Crippen molar-refractivity contribution in [2.45, 2.75) is 19.8 Å². The molecule has 1 rings (SSSR count). The number of benzene rings is 1. The maximum atomic E-state index is 11.6. The van der Waals surface area contributed by atoms with Crippen LogP contribution in [-0.2, 0) is 9.53 Å². The third kappa shape index (κ3) is 4.03. The van der Waals surface area contributed by atoms with E-state index in [1.54, 1.807) is 31.2 Å². The molecule has 0 spiro atoms. The van der Waals surface area contributed by atoms with Crippen molar-refractivity contribution in [2.75, 3.05) is 6.61 Å². The van der Waals surface area contributed by atoms with E-state index in [0.29, 0.717) is 17.2 Å². The lowest BCUT2D eigenvalue weighted by molar-refractivity contribution is -0.143. The molecule has 3 nitrogen and oxygen atoms in total. The van der Waals surface area contributed by atoms with Crippen LogP contribution >= 0.6 is 11.6 Å². The Balaban J connectivity index is 2.47. The Labute approximate surface area is 99.4 Å². The van der Waals surface area contributed by atoms with E-state index in [2.05, 4.69) is 0 Å². The molecule has 1 aromatic rings. The number of rotatable bonds is 5. The van der Waals surface area contributed by atoms with Gasteiger partial charge in [0.15, 0.2) is 5.78 Å². The molecule has 0 aliphatic rings. The average Bonchev–Trinajstić information content (AvgIpc) is 2.27. The minimum absolute atomic E-state index is 0.0790. The summed E-state index contributed by atoms with van der Waals surface area (Å²) < 4.78 is 4.73. The molecule has 0 saturated carbocycles. The maximum Gasteiger partial charge on any atom is 0.306 e. The summed E-state index contributed by atoms with van der Waals surface area (Å²) in [6.45, 7) is 2.08. The van der Waals surface area contributed by atoms with Crippen molar-refractivity contribution in [3.8, 4) is 0 Å². The first-order valence-corrected chi connectivity index (χ1v) is 5.45. The molecule has 0 atom stereocenters. The van der Waals surface area contributed by atoms with Crippen molar-refractivity contribution in [2.24, 2.45) is 0 Å². The molecule has 0 heterocycles. The zero-order valence-corrected chi connectivity index (χ0v) is 9.79. The number of carbonyl (C=O) groups is 2. The third-order valence-corrected chi connectivity index (χ3v) is 2.28. The molecule has 0 aliphatic carbocycles. The van der Waals surface area contributed by atoms with Crippen LogP contribution in [0.2, 0.25) is 5.02 Å². The van der Waals surface area contributed by atoms with Crippen LogP contribution in [0.5, 0.6) is 0 Å². The van der Waals surface area contributed by atoms with Gasteiger partial charge in [0.2, 0.25) is 0 Å². The molecule has 86 valence electrons. The Kier molecular flexibility index (Phi) is 4.99. The molecular weight excluding hydrogens is 228 g/mol. The van der Waals surface area contributed by atoms with E-state index in [1.165, 1.54) is 0 Å². The number of halogens is 1. The summed E-state index contributed by atoms with van der Waals surface area (Å²) in [5.41, 5.74) is 0.564. The first kappa shape index (κ1) is 12.7. The number of ether oxygens (including phenoxy) is 1. The largest absolute Gasteiger partial charge is 0.466 e. The van der Waals surface area contributed by atoms with E-state index in [1.807, 2.05) is 0 Å². The fraction of sp³-hybridized carbons (Fsp3) is 0.333. The highest BCUT2D eigenvalue weighted by Crippen LogP contribution is 2.12. The summed E-state index contributed by atoms with van der Waals surface area (Å²) in [5, 5.41) is 0.585. The maximum absolute atomic E-state index is 11.6. The van der Waals surface area contributed by atoms with Crippen LogP contribution in [0.15, 0.2) is 24.3 Å². The number of carbonyl (C=O) groups excluding carboxylic acids is 2. The van der Waals surface area contributed by atoms with Gasteiger partial charge in [-0.25, -0.2) is 0 Å². The van der Waals surface area contributed by atoms with Gasteiger partial charge in [0.05, 0.1) is 13.0 Å². The van der Waals surface area contributed by atoms with Crippen molar-refractivity contribution in [3.63, 3.8) is 0 Å². The lowest BCUT2D eigenvalue weighted by atomic mass is 10.1. The summed E-state index contributed by atoms with van der Waals surface area (Å²) in [7, 11) is 0. The third-order valence-electron chi connectivity index (χ3n) is 2.03. The molecule has 16 heavy (non-hydrogen) atoms. The van der Waals surface area contributed by atoms with Crippen molar-refractivity contribution in [1.29, 1.82) is 0 Å². The fourth-order valence-electron chi connectivity index (χ4n) is 1.23. The quantitative estimate of drug-likeness (QED) is 0.587. The van der Waals surface area contributed by atoms with Crippen molar-refractivity contribution < 1.29 is 14.3 Å². The number of hydrogen-bond donors (Lipinski definition) is 0. The molecule has 1 aromatic carbocycles. The van der Waals surface area contributed by atoms with Gasteiger partial charge in [-0.1, -0.05) is 11.6 Å². The molecule has 0 bridgehead atoms. The Bertz CT molecular complexity index is 370. The van der Waals surface area contributed by atoms with Gasteiger partial charge in [0.1, 0.15) is 0 Å². The summed E-state index contributed by atoms with van der Waals surface area (Å²) in [4.78, 5) is 22.7. The molecule has 0 radical (unpaired) electrons. The van der Waals surface area contributed by atoms with Crippen LogP contribution in [0.25, 0.3) is 0 Å². The van der Waals surface area contributed by atoms with E-state index in [9.17, 15) is 9.59 Å². The standard InChI is InChI=1S/C12H13ClO3/c1-2-16-12(15)8-7-11(14)9-3-5-10(13)6-4-9/h3-6H,2,7-8H2,1H3. The zero-order valence-electron chi connectivity index (χ0n) is 9.03. The lowest BCUT2D eigenvalue weighted by Crippen LogP contribution is -2.07. The highest BCUT2D eigenvalue weighted by atomic mass is 35.5. The monoisotopic (exact) mass is 240 g/mol. The molecule has 0 aromatic heterocycles. The van der Waals surface area contributed by atoms with Crippen LogP contribution in [0.4, 0.5) is 0 Å². The number of hydrogen-bond acceptors (Lipinski definition) is 3. The van der Waals surface area contributed by atoms with Gasteiger partial charge in [-0.3, -0.25) is 9.59 Å². The topological polar surface area (TPSA) is 43.4 Å². The van der Waals surface area contributed by atoms with E-state index >= 15 is 0 Å².